The molecule has 0 unspecified atom stereocenters. The van der Waals surface area contributed by atoms with Gasteiger partial charge in [0.25, 0.3) is 11.8 Å². The van der Waals surface area contributed by atoms with E-state index in [4.69, 9.17) is 0 Å². The fraction of sp³-hybridized carbons (Fsp3) is 0.241. The van der Waals surface area contributed by atoms with Crippen molar-refractivity contribution >= 4 is 33.2 Å². The molecule has 0 radical (unpaired) electrons. The van der Waals surface area contributed by atoms with Gasteiger partial charge in [0, 0.05) is 48.5 Å². The Hall–Kier alpha value is -3.48. The van der Waals surface area contributed by atoms with Crippen molar-refractivity contribution in [2.75, 3.05) is 26.2 Å². The van der Waals surface area contributed by atoms with Crippen molar-refractivity contribution in [3.63, 3.8) is 0 Å². The minimum atomic E-state index is 0.0977. The molecule has 176 valence electrons. The standard InChI is InChI=1S/C29H27N3O2S/c33-28(21-9-5-2-6-10-21)31-14-13-24(17-31)30-25-18-32(19-25)29(34)27-16-23-12-11-22(15-26(23)35-27)20-7-3-1-4-8-20/h1-12,15-16,24-25,30H,13-14,17-19H2/t24-/m0/s1. The molecular weight excluding hydrogens is 454 g/mol. The van der Waals surface area contributed by atoms with Crippen LogP contribution in [0.2, 0.25) is 0 Å². The summed E-state index contributed by atoms with van der Waals surface area (Å²) in [6.45, 7) is 2.92. The van der Waals surface area contributed by atoms with Gasteiger partial charge in [-0.15, -0.1) is 11.3 Å². The first-order valence-corrected chi connectivity index (χ1v) is 12.9. The van der Waals surface area contributed by atoms with E-state index in [2.05, 4.69) is 35.6 Å². The molecule has 2 saturated heterocycles. The van der Waals surface area contributed by atoms with Crippen LogP contribution in [0.5, 0.6) is 0 Å². The molecule has 4 aromatic rings. The van der Waals surface area contributed by atoms with Crippen LogP contribution in [0.3, 0.4) is 0 Å². The summed E-state index contributed by atoms with van der Waals surface area (Å²) in [6.07, 6.45) is 0.948. The smallest absolute Gasteiger partial charge is 0.264 e. The van der Waals surface area contributed by atoms with E-state index < -0.39 is 0 Å². The Bertz CT molecular complexity index is 1360. The molecule has 35 heavy (non-hydrogen) atoms. The second kappa shape index (κ2) is 9.29. The predicted octanol–water partition coefficient (Wildman–Crippen LogP) is 4.90. The second-order valence-corrected chi connectivity index (χ2v) is 10.5. The first-order valence-electron chi connectivity index (χ1n) is 12.1. The van der Waals surface area contributed by atoms with Crippen molar-refractivity contribution in [3.8, 4) is 11.1 Å². The van der Waals surface area contributed by atoms with Gasteiger partial charge in [-0.2, -0.15) is 0 Å². The van der Waals surface area contributed by atoms with Crippen LogP contribution >= 0.6 is 11.3 Å². The Morgan fingerprint density at radius 3 is 2.23 bits per heavy atom. The number of likely N-dealkylation sites (tertiary alicyclic amines) is 2. The lowest BCUT2D eigenvalue weighted by Gasteiger charge is -2.40. The molecule has 2 fully saturated rings. The van der Waals surface area contributed by atoms with Crippen LogP contribution in [0.4, 0.5) is 0 Å². The zero-order valence-corrected chi connectivity index (χ0v) is 20.2. The molecule has 5 nitrogen and oxygen atoms in total. The van der Waals surface area contributed by atoms with Crippen molar-refractivity contribution in [2.24, 2.45) is 0 Å². The van der Waals surface area contributed by atoms with Gasteiger partial charge in [-0.05, 0) is 47.2 Å². The average Bonchev–Trinajstić information content (AvgIpc) is 3.53. The Kier molecular flexibility index (Phi) is 5.84. The van der Waals surface area contributed by atoms with E-state index in [1.165, 1.54) is 11.1 Å². The zero-order valence-electron chi connectivity index (χ0n) is 19.4. The number of rotatable bonds is 5. The van der Waals surface area contributed by atoms with E-state index in [-0.39, 0.29) is 23.9 Å². The summed E-state index contributed by atoms with van der Waals surface area (Å²) in [7, 11) is 0. The predicted molar refractivity (Wildman–Crippen MR) is 141 cm³/mol. The molecule has 1 N–H and O–H groups in total. The molecule has 0 aliphatic carbocycles. The van der Waals surface area contributed by atoms with Crippen molar-refractivity contribution in [2.45, 2.75) is 18.5 Å². The number of hydrogen-bond donors (Lipinski definition) is 1. The van der Waals surface area contributed by atoms with Gasteiger partial charge >= 0.3 is 0 Å². The molecule has 3 aromatic carbocycles. The SMILES string of the molecule is O=C(c1ccccc1)N1CC[C@H](NC2CN(C(=O)c3cc4ccc(-c5ccccc5)cc4s3)C2)C1. The van der Waals surface area contributed by atoms with Crippen molar-refractivity contribution in [1.82, 2.24) is 15.1 Å². The summed E-state index contributed by atoms with van der Waals surface area (Å²) in [5.74, 6) is 0.207. The number of benzene rings is 3. The van der Waals surface area contributed by atoms with Crippen LogP contribution in [0.25, 0.3) is 21.2 Å². The van der Waals surface area contributed by atoms with Gasteiger partial charge < -0.3 is 15.1 Å². The quantitative estimate of drug-likeness (QED) is 0.441. The first-order chi connectivity index (χ1) is 17.1. The molecule has 0 bridgehead atoms. The molecule has 2 amide bonds. The summed E-state index contributed by atoms with van der Waals surface area (Å²) in [5.41, 5.74) is 3.10. The lowest BCUT2D eigenvalue weighted by atomic mass is 10.0. The highest BCUT2D eigenvalue weighted by atomic mass is 32.1. The fourth-order valence-electron chi connectivity index (χ4n) is 5.03. The maximum absolute atomic E-state index is 13.1. The third-order valence-corrected chi connectivity index (χ3v) is 8.06. The molecule has 2 aliphatic heterocycles. The van der Waals surface area contributed by atoms with Crippen LogP contribution < -0.4 is 5.32 Å². The topological polar surface area (TPSA) is 52.7 Å². The highest BCUT2D eigenvalue weighted by molar-refractivity contribution is 7.20. The molecule has 3 heterocycles. The lowest BCUT2D eigenvalue weighted by molar-refractivity contribution is 0.0558. The van der Waals surface area contributed by atoms with Gasteiger partial charge in [-0.25, -0.2) is 0 Å². The summed E-state index contributed by atoms with van der Waals surface area (Å²) in [5, 5.41) is 4.77. The van der Waals surface area contributed by atoms with Crippen molar-refractivity contribution in [3.05, 3.63) is 95.4 Å². The fourth-order valence-corrected chi connectivity index (χ4v) is 6.10. The molecule has 1 atom stereocenters. The largest absolute Gasteiger partial charge is 0.337 e. The minimum Gasteiger partial charge on any atom is -0.337 e. The van der Waals surface area contributed by atoms with Gasteiger partial charge in [-0.3, -0.25) is 9.59 Å². The molecule has 0 spiro atoms. The maximum atomic E-state index is 13.1. The van der Waals surface area contributed by atoms with E-state index >= 15 is 0 Å². The summed E-state index contributed by atoms with van der Waals surface area (Å²) < 4.78 is 1.14. The van der Waals surface area contributed by atoms with Gasteiger partial charge in [0.1, 0.15) is 0 Å². The van der Waals surface area contributed by atoms with Gasteiger partial charge in [-0.1, -0.05) is 60.7 Å². The highest BCUT2D eigenvalue weighted by Crippen LogP contribution is 2.32. The van der Waals surface area contributed by atoms with Gasteiger partial charge in [0.15, 0.2) is 0 Å². The average molecular weight is 482 g/mol. The zero-order chi connectivity index (χ0) is 23.8. The Morgan fingerprint density at radius 2 is 1.46 bits per heavy atom. The summed E-state index contributed by atoms with van der Waals surface area (Å²) in [4.78, 5) is 30.4. The Labute approximate surface area is 209 Å². The number of amides is 2. The number of thiophene rings is 1. The van der Waals surface area contributed by atoms with E-state index in [1.807, 2.05) is 64.4 Å². The number of fused-ring (bicyclic) bond motifs is 1. The van der Waals surface area contributed by atoms with E-state index in [0.29, 0.717) is 13.1 Å². The number of nitrogens with zero attached hydrogens (tertiary/aromatic N) is 2. The summed E-state index contributed by atoms with van der Waals surface area (Å²) in [6, 6.07) is 28.8. The number of carbonyl (C=O) groups excluding carboxylic acids is 2. The third-order valence-electron chi connectivity index (χ3n) is 6.97. The second-order valence-electron chi connectivity index (χ2n) is 9.41. The Balaban J connectivity index is 1.04. The minimum absolute atomic E-state index is 0.0977. The van der Waals surface area contributed by atoms with Crippen LogP contribution in [-0.4, -0.2) is 59.9 Å². The molecular formula is C29H27N3O2S. The number of carbonyl (C=O) groups is 2. The van der Waals surface area contributed by atoms with Crippen molar-refractivity contribution < 1.29 is 9.59 Å². The van der Waals surface area contributed by atoms with E-state index in [9.17, 15) is 9.59 Å². The van der Waals surface area contributed by atoms with E-state index in [0.717, 1.165) is 40.0 Å². The highest BCUT2D eigenvalue weighted by Gasteiger charge is 2.35. The molecule has 6 rings (SSSR count). The molecule has 1 aromatic heterocycles. The van der Waals surface area contributed by atoms with Crippen LogP contribution in [0, 0.1) is 0 Å². The van der Waals surface area contributed by atoms with Gasteiger partial charge in [0.05, 0.1) is 4.88 Å². The van der Waals surface area contributed by atoms with Crippen LogP contribution in [0.15, 0.2) is 84.9 Å². The third kappa shape index (κ3) is 4.47. The van der Waals surface area contributed by atoms with Crippen molar-refractivity contribution in [1.29, 1.82) is 0 Å². The van der Waals surface area contributed by atoms with Crippen LogP contribution in [-0.2, 0) is 0 Å². The Morgan fingerprint density at radius 1 is 0.743 bits per heavy atom. The first kappa shape index (κ1) is 22.0. The molecule has 6 heteroatoms. The van der Waals surface area contributed by atoms with Gasteiger partial charge in [0.2, 0.25) is 0 Å². The monoisotopic (exact) mass is 481 g/mol. The molecule has 0 saturated carbocycles. The van der Waals surface area contributed by atoms with Crippen LogP contribution in [0.1, 0.15) is 26.5 Å². The summed E-state index contributed by atoms with van der Waals surface area (Å²) >= 11 is 1.57. The van der Waals surface area contributed by atoms with E-state index in [1.54, 1.807) is 11.3 Å². The molecule has 2 aliphatic rings. The lowest BCUT2D eigenvalue weighted by Crippen LogP contribution is -2.61. The number of hydrogen-bond acceptors (Lipinski definition) is 4. The number of nitrogens with one attached hydrogen (secondary N) is 1. The normalized spacial score (nSPS) is 18.1. The maximum Gasteiger partial charge on any atom is 0.264 e.